The van der Waals surface area contributed by atoms with Crippen LogP contribution in [0, 0.1) is 5.92 Å². The third-order valence-corrected chi connectivity index (χ3v) is 4.02. The zero-order valence-electron chi connectivity index (χ0n) is 11.1. The van der Waals surface area contributed by atoms with Crippen molar-refractivity contribution in [3.8, 4) is 0 Å². The molecule has 0 aromatic carbocycles. The second kappa shape index (κ2) is 6.58. The zero-order valence-corrected chi connectivity index (χ0v) is 11.1. The van der Waals surface area contributed by atoms with Gasteiger partial charge in [0, 0.05) is 12.1 Å². The molecule has 0 bridgehead atoms. The first-order valence-corrected chi connectivity index (χ1v) is 6.58. The van der Waals surface area contributed by atoms with E-state index in [1.807, 2.05) is 7.05 Å². The van der Waals surface area contributed by atoms with Crippen LogP contribution in [0.25, 0.3) is 0 Å². The van der Waals surface area contributed by atoms with Crippen molar-refractivity contribution in [3.63, 3.8) is 0 Å². The van der Waals surface area contributed by atoms with E-state index >= 15 is 0 Å². The molecule has 1 rings (SSSR count). The fourth-order valence-electron chi connectivity index (χ4n) is 2.23. The minimum absolute atomic E-state index is 0.0999. The van der Waals surface area contributed by atoms with Crippen molar-refractivity contribution in [1.82, 2.24) is 10.2 Å². The number of rotatable bonds is 8. The van der Waals surface area contributed by atoms with Gasteiger partial charge < -0.3 is 15.3 Å². The van der Waals surface area contributed by atoms with Crippen molar-refractivity contribution >= 4 is 0 Å². The first kappa shape index (κ1) is 13.9. The average molecular weight is 228 g/mol. The Hall–Kier alpha value is -0.120. The predicted octanol–water partition coefficient (Wildman–Crippen LogP) is 1.47. The van der Waals surface area contributed by atoms with E-state index in [9.17, 15) is 5.11 Å². The Labute approximate surface area is 100 Å². The number of aliphatic hydroxyl groups excluding tert-OH is 1. The van der Waals surface area contributed by atoms with Gasteiger partial charge in [0.2, 0.25) is 0 Å². The third-order valence-electron chi connectivity index (χ3n) is 4.02. The fourth-order valence-corrected chi connectivity index (χ4v) is 2.23. The van der Waals surface area contributed by atoms with Crippen LogP contribution in [0.15, 0.2) is 0 Å². The average Bonchev–Trinajstić information content (AvgIpc) is 2.23. The number of nitrogens with one attached hydrogen (secondary N) is 1. The highest BCUT2D eigenvalue weighted by atomic mass is 16.3. The summed E-state index contributed by atoms with van der Waals surface area (Å²) in [7, 11) is 4.14. The minimum atomic E-state index is -0.0999. The minimum Gasteiger partial charge on any atom is -0.394 e. The van der Waals surface area contributed by atoms with Gasteiger partial charge in [-0.1, -0.05) is 6.42 Å². The van der Waals surface area contributed by atoms with Crippen molar-refractivity contribution in [2.24, 2.45) is 5.92 Å². The van der Waals surface area contributed by atoms with Crippen LogP contribution in [0.1, 0.15) is 39.0 Å². The van der Waals surface area contributed by atoms with Gasteiger partial charge in [0.1, 0.15) is 0 Å². The van der Waals surface area contributed by atoms with Gasteiger partial charge in [-0.15, -0.1) is 0 Å². The molecule has 1 unspecified atom stereocenters. The Morgan fingerprint density at radius 1 is 1.44 bits per heavy atom. The van der Waals surface area contributed by atoms with Crippen LogP contribution in [0.2, 0.25) is 0 Å². The summed E-state index contributed by atoms with van der Waals surface area (Å²) < 4.78 is 0. The Morgan fingerprint density at radius 3 is 2.56 bits per heavy atom. The highest BCUT2D eigenvalue weighted by Gasteiger charge is 2.21. The van der Waals surface area contributed by atoms with E-state index in [1.165, 1.54) is 25.8 Å². The molecule has 0 amide bonds. The van der Waals surface area contributed by atoms with Gasteiger partial charge in [-0.05, 0) is 59.2 Å². The molecule has 0 spiro atoms. The fraction of sp³-hybridized carbons (Fsp3) is 1.00. The first-order valence-electron chi connectivity index (χ1n) is 6.58. The molecule has 1 aliphatic rings. The van der Waals surface area contributed by atoms with Crippen LogP contribution in [0.4, 0.5) is 0 Å². The van der Waals surface area contributed by atoms with Crippen molar-refractivity contribution in [2.45, 2.75) is 44.6 Å². The molecule has 0 aromatic heterocycles. The SMILES string of the molecule is CNC(C)(CO)CCCN(C)CC1CCC1. The molecule has 1 atom stereocenters. The van der Waals surface area contributed by atoms with E-state index in [-0.39, 0.29) is 12.1 Å². The number of aliphatic hydroxyl groups is 1. The number of hydrogen-bond acceptors (Lipinski definition) is 3. The lowest BCUT2D eigenvalue weighted by Gasteiger charge is -2.31. The molecule has 1 aliphatic carbocycles. The molecule has 0 aromatic rings. The molecule has 0 aliphatic heterocycles. The summed E-state index contributed by atoms with van der Waals surface area (Å²) in [5.41, 5.74) is -0.0999. The van der Waals surface area contributed by atoms with Crippen LogP contribution in [0.5, 0.6) is 0 Å². The van der Waals surface area contributed by atoms with Crippen LogP contribution >= 0.6 is 0 Å². The van der Waals surface area contributed by atoms with Gasteiger partial charge in [0.25, 0.3) is 0 Å². The van der Waals surface area contributed by atoms with Gasteiger partial charge in [-0.25, -0.2) is 0 Å². The summed E-state index contributed by atoms with van der Waals surface area (Å²) >= 11 is 0. The van der Waals surface area contributed by atoms with E-state index in [0.717, 1.165) is 25.3 Å². The van der Waals surface area contributed by atoms with Crippen molar-refractivity contribution < 1.29 is 5.11 Å². The smallest absolute Gasteiger partial charge is 0.0610 e. The maximum atomic E-state index is 9.27. The molecule has 0 heterocycles. The summed E-state index contributed by atoms with van der Waals surface area (Å²) in [6.07, 6.45) is 6.47. The zero-order chi connectivity index (χ0) is 12.0. The molecular formula is C13H28N2O. The molecule has 1 saturated carbocycles. The van der Waals surface area contributed by atoms with Crippen molar-refractivity contribution in [2.75, 3.05) is 33.8 Å². The third kappa shape index (κ3) is 4.40. The van der Waals surface area contributed by atoms with Gasteiger partial charge in [-0.3, -0.25) is 0 Å². The van der Waals surface area contributed by atoms with Crippen LogP contribution < -0.4 is 5.32 Å². The molecule has 1 fully saturated rings. The maximum absolute atomic E-state index is 9.27. The number of hydrogen-bond donors (Lipinski definition) is 2. The second-order valence-corrected chi connectivity index (χ2v) is 5.63. The topological polar surface area (TPSA) is 35.5 Å². The molecule has 3 nitrogen and oxygen atoms in total. The largest absolute Gasteiger partial charge is 0.394 e. The lowest BCUT2D eigenvalue weighted by molar-refractivity contribution is 0.159. The molecule has 16 heavy (non-hydrogen) atoms. The maximum Gasteiger partial charge on any atom is 0.0610 e. The van der Waals surface area contributed by atoms with Gasteiger partial charge >= 0.3 is 0 Å². The van der Waals surface area contributed by atoms with Crippen LogP contribution in [-0.4, -0.2) is 49.3 Å². The van der Waals surface area contributed by atoms with E-state index < -0.39 is 0 Å². The van der Waals surface area contributed by atoms with Crippen molar-refractivity contribution in [3.05, 3.63) is 0 Å². The summed E-state index contributed by atoms with van der Waals surface area (Å²) in [5, 5.41) is 12.5. The standard InChI is InChI=1S/C13H28N2O/c1-13(11-16,14-2)8-5-9-15(3)10-12-6-4-7-12/h12,14,16H,4-11H2,1-3H3. The second-order valence-electron chi connectivity index (χ2n) is 5.63. The van der Waals surface area contributed by atoms with Crippen LogP contribution in [-0.2, 0) is 0 Å². The lowest BCUT2D eigenvalue weighted by atomic mass is 9.85. The summed E-state index contributed by atoms with van der Waals surface area (Å²) in [6, 6.07) is 0. The summed E-state index contributed by atoms with van der Waals surface area (Å²) in [4.78, 5) is 2.44. The lowest BCUT2D eigenvalue weighted by Crippen LogP contribution is -2.44. The quantitative estimate of drug-likeness (QED) is 0.660. The van der Waals surface area contributed by atoms with Gasteiger partial charge in [0.15, 0.2) is 0 Å². The van der Waals surface area contributed by atoms with Crippen LogP contribution in [0.3, 0.4) is 0 Å². The van der Waals surface area contributed by atoms with E-state index in [1.54, 1.807) is 0 Å². The van der Waals surface area contributed by atoms with Gasteiger partial charge in [0.05, 0.1) is 6.61 Å². The Morgan fingerprint density at radius 2 is 2.12 bits per heavy atom. The predicted molar refractivity (Wildman–Crippen MR) is 68.6 cm³/mol. The first-order chi connectivity index (χ1) is 7.59. The van der Waals surface area contributed by atoms with Crippen molar-refractivity contribution in [1.29, 1.82) is 0 Å². The Kier molecular flexibility index (Phi) is 5.73. The van der Waals surface area contributed by atoms with E-state index in [0.29, 0.717) is 0 Å². The van der Waals surface area contributed by atoms with Gasteiger partial charge in [-0.2, -0.15) is 0 Å². The number of nitrogens with zero attached hydrogens (tertiary/aromatic N) is 1. The highest BCUT2D eigenvalue weighted by Crippen LogP contribution is 2.26. The normalized spacial score (nSPS) is 20.8. The summed E-state index contributed by atoms with van der Waals surface area (Å²) in [5.74, 6) is 0.957. The molecule has 3 heteroatoms. The highest BCUT2D eigenvalue weighted by molar-refractivity contribution is 4.81. The van der Waals surface area contributed by atoms with E-state index in [4.69, 9.17) is 0 Å². The summed E-state index contributed by atoms with van der Waals surface area (Å²) in [6.45, 7) is 4.71. The molecule has 0 radical (unpaired) electrons. The monoisotopic (exact) mass is 228 g/mol. The molecule has 2 N–H and O–H groups in total. The molecule has 96 valence electrons. The van der Waals surface area contributed by atoms with E-state index in [2.05, 4.69) is 24.2 Å². The Balaban J connectivity index is 2.08. The number of likely N-dealkylation sites (N-methyl/N-ethyl adjacent to an activating group) is 1. The molecule has 0 saturated heterocycles. The Bertz CT molecular complexity index is 188. The molecular weight excluding hydrogens is 200 g/mol.